The average molecular weight is 416 g/mol. The highest BCUT2D eigenvalue weighted by Crippen LogP contribution is 2.37. The maximum Gasteiger partial charge on any atom is 0.339 e. The largest absolute Gasteiger partial charge is 0.497 e. The molecule has 1 amide bonds. The van der Waals surface area contributed by atoms with Crippen molar-refractivity contribution in [3.05, 3.63) is 70.9 Å². The van der Waals surface area contributed by atoms with Crippen LogP contribution in [0.5, 0.6) is 5.75 Å². The molecule has 1 aliphatic rings. The fraction of sp³-hybridized carbons (Fsp3) is 0.240. The molecule has 1 aromatic heterocycles. The van der Waals surface area contributed by atoms with Gasteiger partial charge in [0.2, 0.25) is 0 Å². The number of carbonyl (C=O) groups is 2. The van der Waals surface area contributed by atoms with Crippen LogP contribution in [0.3, 0.4) is 0 Å². The zero-order valence-electron chi connectivity index (χ0n) is 17.8. The minimum absolute atomic E-state index is 0.261. The van der Waals surface area contributed by atoms with Crippen LogP contribution in [0.2, 0.25) is 0 Å². The van der Waals surface area contributed by atoms with Gasteiger partial charge in [0.1, 0.15) is 5.75 Å². The van der Waals surface area contributed by atoms with Crippen molar-refractivity contribution in [2.24, 2.45) is 0 Å². The first-order valence-corrected chi connectivity index (χ1v) is 10.1. The van der Waals surface area contributed by atoms with Crippen LogP contribution in [0.15, 0.2) is 48.5 Å². The fourth-order valence-corrected chi connectivity index (χ4v) is 3.74. The van der Waals surface area contributed by atoms with Crippen LogP contribution < -0.4 is 4.74 Å². The van der Waals surface area contributed by atoms with Crippen LogP contribution in [0.1, 0.15) is 33.6 Å². The third kappa shape index (κ3) is 4.14. The highest BCUT2D eigenvalue weighted by molar-refractivity contribution is 6.07. The van der Waals surface area contributed by atoms with Gasteiger partial charge in [-0.2, -0.15) is 0 Å². The lowest BCUT2D eigenvalue weighted by Gasteiger charge is -2.14. The Kier molecular flexibility index (Phi) is 5.71. The Morgan fingerprint density at radius 2 is 1.81 bits per heavy atom. The lowest BCUT2D eigenvalue weighted by Crippen LogP contribution is -2.27. The van der Waals surface area contributed by atoms with E-state index in [0.717, 1.165) is 45.5 Å². The van der Waals surface area contributed by atoms with Crippen molar-refractivity contribution in [2.75, 3.05) is 27.8 Å². The number of allylic oxidation sites excluding steroid dienone is 1. The molecule has 31 heavy (non-hydrogen) atoms. The van der Waals surface area contributed by atoms with Gasteiger partial charge in [0.25, 0.3) is 5.91 Å². The number of benzene rings is 2. The molecule has 0 saturated carbocycles. The van der Waals surface area contributed by atoms with E-state index in [-0.39, 0.29) is 12.5 Å². The maximum absolute atomic E-state index is 13.0. The van der Waals surface area contributed by atoms with Crippen molar-refractivity contribution in [3.63, 3.8) is 0 Å². The van der Waals surface area contributed by atoms with Crippen LogP contribution in [0, 0.1) is 0 Å². The van der Waals surface area contributed by atoms with Gasteiger partial charge in [0.15, 0.2) is 6.61 Å². The first kappa shape index (κ1) is 20.6. The Labute approximate surface area is 181 Å². The molecule has 4 rings (SSSR count). The van der Waals surface area contributed by atoms with Gasteiger partial charge < -0.3 is 14.4 Å². The maximum atomic E-state index is 13.0. The third-order valence-electron chi connectivity index (χ3n) is 5.43. The number of aromatic nitrogens is 1. The quantitative estimate of drug-likeness (QED) is 0.589. The Bertz CT molecular complexity index is 1180. The van der Waals surface area contributed by atoms with E-state index in [1.807, 2.05) is 48.5 Å². The molecule has 1 aliphatic carbocycles. The summed E-state index contributed by atoms with van der Waals surface area (Å²) in [7, 11) is 4.90. The Balaban J connectivity index is 1.75. The normalized spacial score (nSPS) is 13.8. The molecule has 0 saturated heterocycles. The molecule has 6 heteroatoms. The number of amides is 1. The summed E-state index contributed by atoms with van der Waals surface area (Å²) in [5.41, 5.74) is 5.05. The number of fused-ring (bicyclic) bond motifs is 2. The minimum atomic E-state index is -0.490. The van der Waals surface area contributed by atoms with E-state index >= 15 is 0 Å². The van der Waals surface area contributed by atoms with Gasteiger partial charge in [0, 0.05) is 19.5 Å². The molecule has 158 valence electrons. The fourth-order valence-electron chi connectivity index (χ4n) is 3.74. The highest BCUT2D eigenvalue weighted by Gasteiger charge is 2.28. The standard InChI is InChI=1S/C25H24N2O4/c1-27(2)22(28)15-31-25(29)23-19-6-4-5-7-21(19)26-24-17(10-13-20(23)24)14-16-8-11-18(30-3)12-9-16/h4-9,11-12,14H,10,13,15H2,1-3H3. The molecule has 2 aromatic carbocycles. The predicted molar refractivity (Wildman–Crippen MR) is 120 cm³/mol. The summed E-state index contributed by atoms with van der Waals surface area (Å²) in [6, 6.07) is 15.4. The summed E-state index contributed by atoms with van der Waals surface area (Å²) in [6.45, 7) is -0.286. The predicted octanol–water partition coefficient (Wildman–Crippen LogP) is 3.98. The second-order valence-electron chi connectivity index (χ2n) is 7.64. The number of esters is 1. The highest BCUT2D eigenvalue weighted by atomic mass is 16.5. The number of hydrogen-bond acceptors (Lipinski definition) is 5. The minimum Gasteiger partial charge on any atom is -0.497 e. The molecule has 0 bridgehead atoms. The van der Waals surface area contributed by atoms with Gasteiger partial charge >= 0.3 is 5.97 Å². The molecule has 0 unspecified atom stereocenters. The molecule has 1 heterocycles. The lowest BCUT2D eigenvalue weighted by molar-refractivity contribution is -0.131. The summed E-state index contributed by atoms with van der Waals surface area (Å²) >= 11 is 0. The van der Waals surface area contributed by atoms with Crippen molar-refractivity contribution >= 4 is 34.4 Å². The van der Waals surface area contributed by atoms with E-state index in [9.17, 15) is 9.59 Å². The molecule has 0 atom stereocenters. The van der Waals surface area contributed by atoms with Crippen LogP contribution in [0.25, 0.3) is 22.6 Å². The molecule has 0 aliphatic heterocycles. The molecule has 3 aromatic rings. The Morgan fingerprint density at radius 1 is 1.06 bits per heavy atom. The molecular formula is C25H24N2O4. The molecule has 6 nitrogen and oxygen atoms in total. The number of carbonyl (C=O) groups excluding carboxylic acids is 2. The molecular weight excluding hydrogens is 392 g/mol. The first-order valence-electron chi connectivity index (χ1n) is 10.1. The second-order valence-corrected chi connectivity index (χ2v) is 7.64. The van der Waals surface area contributed by atoms with Gasteiger partial charge in [-0.15, -0.1) is 0 Å². The van der Waals surface area contributed by atoms with E-state index in [1.54, 1.807) is 21.2 Å². The summed E-state index contributed by atoms with van der Waals surface area (Å²) in [6.07, 6.45) is 3.57. The van der Waals surface area contributed by atoms with E-state index in [4.69, 9.17) is 14.5 Å². The monoisotopic (exact) mass is 416 g/mol. The van der Waals surface area contributed by atoms with Gasteiger partial charge in [-0.3, -0.25) is 4.79 Å². The van der Waals surface area contributed by atoms with Crippen molar-refractivity contribution in [3.8, 4) is 5.75 Å². The van der Waals surface area contributed by atoms with E-state index < -0.39 is 5.97 Å². The van der Waals surface area contributed by atoms with Gasteiger partial charge in [-0.1, -0.05) is 30.3 Å². The summed E-state index contributed by atoms with van der Waals surface area (Å²) < 4.78 is 10.6. The zero-order chi connectivity index (χ0) is 22.0. The van der Waals surface area contributed by atoms with Crippen LogP contribution >= 0.6 is 0 Å². The molecule has 0 N–H and O–H groups in total. The van der Waals surface area contributed by atoms with Gasteiger partial charge in [0.05, 0.1) is 23.9 Å². The lowest BCUT2D eigenvalue weighted by atomic mass is 10.0. The molecule has 0 radical (unpaired) electrons. The Morgan fingerprint density at radius 3 is 2.52 bits per heavy atom. The topological polar surface area (TPSA) is 68.7 Å². The number of para-hydroxylation sites is 1. The van der Waals surface area contributed by atoms with Gasteiger partial charge in [-0.05, 0) is 53.8 Å². The number of ether oxygens (including phenoxy) is 2. The number of methoxy groups -OCH3 is 1. The van der Waals surface area contributed by atoms with Gasteiger partial charge in [-0.25, -0.2) is 9.78 Å². The number of pyridine rings is 1. The zero-order valence-corrected chi connectivity index (χ0v) is 17.8. The number of nitrogens with zero attached hydrogens (tertiary/aromatic N) is 2. The van der Waals surface area contributed by atoms with Crippen molar-refractivity contribution in [1.29, 1.82) is 0 Å². The van der Waals surface area contributed by atoms with Crippen LogP contribution in [0.4, 0.5) is 0 Å². The second kappa shape index (κ2) is 8.60. The SMILES string of the molecule is COc1ccc(C=C2CCc3c2nc2ccccc2c3C(=O)OCC(=O)N(C)C)cc1. The number of rotatable bonds is 5. The van der Waals surface area contributed by atoms with E-state index in [1.165, 1.54) is 4.90 Å². The summed E-state index contributed by atoms with van der Waals surface area (Å²) in [5, 5.41) is 0.745. The Hall–Kier alpha value is -3.67. The van der Waals surface area contributed by atoms with Crippen LogP contribution in [-0.2, 0) is 16.0 Å². The van der Waals surface area contributed by atoms with Crippen molar-refractivity contribution < 1.29 is 19.1 Å². The van der Waals surface area contributed by atoms with Crippen LogP contribution in [-0.4, -0.2) is 49.6 Å². The van der Waals surface area contributed by atoms with Crippen molar-refractivity contribution in [2.45, 2.75) is 12.8 Å². The first-order chi connectivity index (χ1) is 15.0. The number of likely N-dealkylation sites (N-methyl/N-ethyl adjacent to an activating group) is 1. The van der Waals surface area contributed by atoms with Crippen molar-refractivity contribution in [1.82, 2.24) is 9.88 Å². The summed E-state index contributed by atoms with van der Waals surface area (Å²) in [5.74, 6) is 0.0505. The molecule has 0 fully saturated rings. The molecule has 0 spiro atoms. The smallest absolute Gasteiger partial charge is 0.339 e. The third-order valence-corrected chi connectivity index (χ3v) is 5.43. The summed E-state index contributed by atoms with van der Waals surface area (Å²) in [4.78, 5) is 31.2. The van der Waals surface area contributed by atoms with E-state index in [2.05, 4.69) is 6.08 Å². The average Bonchev–Trinajstić information content (AvgIpc) is 3.17. The van der Waals surface area contributed by atoms with E-state index in [0.29, 0.717) is 12.0 Å². The number of hydrogen-bond donors (Lipinski definition) is 0.